The van der Waals surface area contributed by atoms with Crippen molar-refractivity contribution in [2.45, 2.75) is 26.1 Å². The van der Waals surface area contributed by atoms with Gasteiger partial charge in [-0.05, 0) is 26.0 Å². The first-order valence-corrected chi connectivity index (χ1v) is 9.28. The Labute approximate surface area is 170 Å². The highest BCUT2D eigenvalue weighted by molar-refractivity contribution is 6.01. The number of likely N-dealkylation sites (N-methyl/N-ethyl adjacent to an activating group) is 1. The average molecular weight is 416 g/mol. The lowest BCUT2D eigenvalue weighted by molar-refractivity contribution is -0.137. The van der Waals surface area contributed by atoms with Crippen LogP contribution in [0.2, 0.25) is 0 Å². The quantitative estimate of drug-likeness (QED) is 0.654. The van der Waals surface area contributed by atoms with Gasteiger partial charge in [-0.15, -0.1) is 0 Å². The van der Waals surface area contributed by atoms with E-state index >= 15 is 0 Å². The van der Waals surface area contributed by atoms with E-state index in [1.54, 1.807) is 24.0 Å². The van der Waals surface area contributed by atoms with Gasteiger partial charge in [-0.1, -0.05) is 12.1 Å². The summed E-state index contributed by atoms with van der Waals surface area (Å²) in [7, 11) is 1.67. The third kappa shape index (κ3) is 3.38. The fourth-order valence-corrected chi connectivity index (χ4v) is 3.30. The molecule has 0 radical (unpaired) electrons. The third-order valence-electron chi connectivity index (χ3n) is 5.00. The molecule has 1 aromatic carbocycles. The zero-order valence-electron chi connectivity index (χ0n) is 16.6. The molecule has 156 valence electrons. The number of rotatable bonds is 3. The predicted molar refractivity (Wildman–Crippen MR) is 105 cm³/mol. The molecule has 0 unspecified atom stereocenters. The summed E-state index contributed by atoms with van der Waals surface area (Å²) in [5.41, 5.74) is 0.372. The van der Waals surface area contributed by atoms with Gasteiger partial charge in [0.15, 0.2) is 5.82 Å². The molecule has 0 fully saturated rings. The molecule has 0 bridgehead atoms. The van der Waals surface area contributed by atoms with Crippen molar-refractivity contribution in [2.24, 2.45) is 0 Å². The fourth-order valence-electron chi connectivity index (χ4n) is 3.30. The first-order valence-electron chi connectivity index (χ1n) is 9.28. The number of amides is 1. The van der Waals surface area contributed by atoms with Gasteiger partial charge in [-0.2, -0.15) is 18.2 Å². The molecule has 1 aliphatic rings. The molecule has 4 rings (SSSR count). The molecule has 30 heavy (non-hydrogen) atoms. The van der Waals surface area contributed by atoms with Crippen LogP contribution in [-0.2, 0) is 11.0 Å². The van der Waals surface area contributed by atoms with E-state index in [0.29, 0.717) is 28.8 Å². The van der Waals surface area contributed by atoms with Crippen LogP contribution in [-0.4, -0.2) is 45.1 Å². The smallest absolute Gasteiger partial charge is 0.343 e. The molecule has 0 saturated heterocycles. The lowest BCUT2D eigenvalue weighted by Crippen LogP contribution is -2.47. The van der Waals surface area contributed by atoms with Crippen molar-refractivity contribution >= 4 is 17.4 Å². The van der Waals surface area contributed by atoms with Gasteiger partial charge in [-0.25, -0.2) is 9.97 Å². The van der Waals surface area contributed by atoms with Gasteiger partial charge in [0.2, 0.25) is 11.9 Å². The Morgan fingerprint density at radius 2 is 1.80 bits per heavy atom. The van der Waals surface area contributed by atoms with E-state index in [4.69, 9.17) is 0 Å². The van der Waals surface area contributed by atoms with Crippen LogP contribution in [0.15, 0.2) is 42.9 Å². The summed E-state index contributed by atoms with van der Waals surface area (Å²) in [4.78, 5) is 28.9. The molecule has 0 spiro atoms. The highest BCUT2D eigenvalue weighted by atomic mass is 19.4. The van der Waals surface area contributed by atoms with Crippen LogP contribution in [0.3, 0.4) is 0 Å². The van der Waals surface area contributed by atoms with Gasteiger partial charge >= 0.3 is 6.18 Å². The van der Waals surface area contributed by atoms with Gasteiger partial charge < -0.3 is 9.80 Å². The monoisotopic (exact) mass is 416 g/mol. The molecule has 2 aromatic heterocycles. The van der Waals surface area contributed by atoms with Crippen molar-refractivity contribution in [3.63, 3.8) is 0 Å². The van der Waals surface area contributed by atoms with Crippen molar-refractivity contribution in [3.05, 3.63) is 48.4 Å². The maximum Gasteiger partial charge on any atom is 0.416 e. The second-order valence-corrected chi connectivity index (χ2v) is 7.25. The number of halogens is 3. The zero-order chi connectivity index (χ0) is 21.6. The number of aromatic nitrogens is 4. The molecule has 3 heterocycles. The Bertz CT molecular complexity index is 1090. The Kier molecular flexibility index (Phi) is 4.71. The van der Waals surface area contributed by atoms with Gasteiger partial charge in [-0.3, -0.25) is 9.36 Å². The lowest BCUT2D eigenvalue weighted by atomic mass is 10.1. The minimum Gasteiger partial charge on any atom is -0.343 e. The van der Waals surface area contributed by atoms with E-state index in [0.717, 1.165) is 12.1 Å². The van der Waals surface area contributed by atoms with Crippen LogP contribution in [0, 0.1) is 0 Å². The molecule has 0 N–H and O–H groups in total. The number of imidazole rings is 1. The second kappa shape index (κ2) is 7.12. The van der Waals surface area contributed by atoms with Crippen LogP contribution in [0.1, 0.15) is 19.4 Å². The normalized spacial score (nSPS) is 14.4. The minimum absolute atomic E-state index is 0.0429. The number of hydrogen-bond donors (Lipinski definition) is 0. The zero-order valence-corrected chi connectivity index (χ0v) is 16.6. The van der Waals surface area contributed by atoms with Crippen molar-refractivity contribution in [1.29, 1.82) is 0 Å². The van der Waals surface area contributed by atoms with Crippen LogP contribution in [0.25, 0.3) is 17.3 Å². The summed E-state index contributed by atoms with van der Waals surface area (Å²) in [5, 5.41) is 0. The summed E-state index contributed by atoms with van der Waals surface area (Å²) >= 11 is 0. The van der Waals surface area contributed by atoms with Gasteiger partial charge in [0, 0.05) is 31.0 Å². The standard InChI is InChI=1S/C20H19F3N6O/c1-12(2)29-11-16(30)27(3)15-10-25-19(26-18(15)29)28-9-8-24-17(28)13-4-6-14(7-5-13)20(21,22)23/h4-10,12H,11H2,1-3H3. The number of alkyl halides is 3. The summed E-state index contributed by atoms with van der Waals surface area (Å²) in [6.07, 6.45) is 0.345. The molecule has 10 heteroatoms. The summed E-state index contributed by atoms with van der Waals surface area (Å²) in [5.74, 6) is 1.29. The Hall–Kier alpha value is -3.43. The predicted octanol–water partition coefficient (Wildman–Crippen LogP) is 3.54. The minimum atomic E-state index is -4.40. The van der Waals surface area contributed by atoms with Crippen LogP contribution < -0.4 is 9.80 Å². The number of carbonyl (C=O) groups is 1. The van der Waals surface area contributed by atoms with E-state index in [1.807, 2.05) is 18.7 Å². The maximum absolute atomic E-state index is 12.9. The van der Waals surface area contributed by atoms with Crippen molar-refractivity contribution in [3.8, 4) is 17.3 Å². The number of carbonyl (C=O) groups excluding carboxylic acids is 1. The summed E-state index contributed by atoms with van der Waals surface area (Å²) in [6.45, 7) is 4.14. The fraction of sp³-hybridized carbons (Fsp3) is 0.300. The van der Waals surface area contributed by atoms with Gasteiger partial charge in [0.25, 0.3) is 0 Å². The molecule has 1 amide bonds. The van der Waals surface area contributed by atoms with E-state index in [9.17, 15) is 18.0 Å². The largest absolute Gasteiger partial charge is 0.416 e. The van der Waals surface area contributed by atoms with E-state index in [-0.39, 0.29) is 18.5 Å². The number of anilines is 2. The van der Waals surface area contributed by atoms with Crippen LogP contribution >= 0.6 is 0 Å². The van der Waals surface area contributed by atoms with Gasteiger partial charge in [0.1, 0.15) is 11.5 Å². The average Bonchev–Trinajstić information content (AvgIpc) is 3.19. The maximum atomic E-state index is 12.9. The molecule has 3 aromatic rings. The van der Waals surface area contributed by atoms with E-state index in [2.05, 4.69) is 15.0 Å². The molecule has 0 saturated carbocycles. The Morgan fingerprint density at radius 3 is 2.43 bits per heavy atom. The number of hydrogen-bond acceptors (Lipinski definition) is 5. The van der Waals surface area contributed by atoms with Crippen LogP contribution in [0.5, 0.6) is 0 Å². The highest BCUT2D eigenvalue weighted by Gasteiger charge is 2.31. The van der Waals surface area contributed by atoms with E-state index < -0.39 is 11.7 Å². The molecular weight excluding hydrogens is 397 g/mol. The first-order chi connectivity index (χ1) is 14.2. The van der Waals surface area contributed by atoms with E-state index in [1.165, 1.54) is 23.2 Å². The van der Waals surface area contributed by atoms with Crippen molar-refractivity contribution in [2.75, 3.05) is 23.4 Å². The van der Waals surface area contributed by atoms with Crippen molar-refractivity contribution < 1.29 is 18.0 Å². The number of nitrogens with zero attached hydrogens (tertiary/aromatic N) is 6. The van der Waals surface area contributed by atoms with Gasteiger partial charge in [0.05, 0.1) is 18.3 Å². The van der Waals surface area contributed by atoms with Crippen LogP contribution in [0.4, 0.5) is 24.7 Å². The number of fused-ring (bicyclic) bond motifs is 1. The Morgan fingerprint density at radius 1 is 1.10 bits per heavy atom. The van der Waals surface area contributed by atoms with Crippen molar-refractivity contribution in [1.82, 2.24) is 19.5 Å². The Balaban J connectivity index is 1.76. The topological polar surface area (TPSA) is 67.2 Å². The first kappa shape index (κ1) is 19.9. The summed E-state index contributed by atoms with van der Waals surface area (Å²) < 4.78 is 40.2. The second-order valence-electron chi connectivity index (χ2n) is 7.25. The molecular formula is C20H19F3N6O. The molecule has 0 aliphatic carbocycles. The summed E-state index contributed by atoms with van der Waals surface area (Å²) in [6, 6.07) is 4.81. The molecule has 7 nitrogen and oxygen atoms in total. The molecule has 0 atom stereocenters. The third-order valence-corrected chi connectivity index (χ3v) is 5.00. The number of benzene rings is 1. The lowest BCUT2D eigenvalue weighted by Gasteiger charge is -2.36. The highest BCUT2D eigenvalue weighted by Crippen LogP contribution is 2.33. The molecule has 1 aliphatic heterocycles. The SMILES string of the molecule is CC(C)N1CC(=O)N(C)c2cnc(-n3ccnc3-c3ccc(C(F)(F)F)cc3)nc21.